The third-order valence-corrected chi connectivity index (χ3v) is 5.08. The molecule has 25 heavy (non-hydrogen) atoms. The van der Waals surface area contributed by atoms with Gasteiger partial charge in [0, 0.05) is 32.0 Å². The van der Waals surface area contributed by atoms with E-state index in [0.29, 0.717) is 18.4 Å². The van der Waals surface area contributed by atoms with Gasteiger partial charge < -0.3 is 10.2 Å². The Bertz CT molecular complexity index is 710. The lowest BCUT2D eigenvalue weighted by molar-refractivity contribution is 0.207. The van der Waals surface area contributed by atoms with Crippen LogP contribution in [-0.2, 0) is 12.8 Å². The molecule has 1 atom stereocenters. The van der Waals surface area contributed by atoms with Gasteiger partial charge in [0.2, 0.25) is 0 Å². The van der Waals surface area contributed by atoms with Gasteiger partial charge in [-0.1, -0.05) is 30.3 Å². The topological polar surface area (TPSA) is 73.9 Å². The highest BCUT2D eigenvalue weighted by atomic mass is 16.2. The molecule has 4 rings (SSSR count). The zero-order valence-electron chi connectivity index (χ0n) is 14.4. The molecule has 1 saturated heterocycles. The number of carbonyl (C=O) groups is 1. The molecule has 0 spiro atoms. The third kappa shape index (κ3) is 4.18. The van der Waals surface area contributed by atoms with Gasteiger partial charge in [0.15, 0.2) is 5.82 Å². The molecule has 1 saturated carbocycles. The number of hydrogen-bond acceptors (Lipinski definition) is 3. The standard InChI is InChI=1S/C19H25N5O/c25-19(20-10-8-14-4-2-1-3-5-14)24-11-9-15(13-24)12-17-21-18(23-22-17)16-6-7-16/h1-5,15-16H,6-13H2,(H,20,25)(H,21,22,23)/t15-/m1/s1. The maximum atomic E-state index is 12.3. The van der Waals surface area contributed by atoms with Gasteiger partial charge in [0.1, 0.15) is 5.82 Å². The second kappa shape index (κ2) is 7.25. The largest absolute Gasteiger partial charge is 0.338 e. The fourth-order valence-corrected chi connectivity index (χ4v) is 3.45. The number of urea groups is 1. The van der Waals surface area contributed by atoms with Crippen molar-refractivity contribution in [1.29, 1.82) is 0 Å². The molecule has 132 valence electrons. The normalized spacial score (nSPS) is 20.0. The summed E-state index contributed by atoms with van der Waals surface area (Å²) >= 11 is 0. The van der Waals surface area contributed by atoms with Crippen LogP contribution in [0.3, 0.4) is 0 Å². The number of aromatic amines is 1. The summed E-state index contributed by atoms with van der Waals surface area (Å²) < 4.78 is 0. The van der Waals surface area contributed by atoms with Crippen LogP contribution in [0.4, 0.5) is 4.79 Å². The molecule has 1 aliphatic carbocycles. The summed E-state index contributed by atoms with van der Waals surface area (Å²) in [6, 6.07) is 10.3. The molecule has 6 heteroatoms. The van der Waals surface area contributed by atoms with Crippen molar-refractivity contribution in [1.82, 2.24) is 25.4 Å². The van der Waals surface area contributed by atoms with Crippen molar-refractivity contribution in [3.05, 3.63) is 47.5 Å². The molecular weight excluding hydrogens is 314 g/mol. The van der Waals surface area contributed by atoms with Crippen LogP contribution in [0.5, 0.6) is 0 Å². The zero-order valence-corrected chi connectivity index (χ0v) is 14.4. The van der Waals surface area contributed by atoms with E-state index >= 15 is 0 Å². The van der Waals surface area contributed by atoms with E-state index in [9.17, 15) is 4.79 Å². The summed E-state index contributed by atoms with van der Waals surface area (Å²) in [6.45, 7) is 2.30. The maximum Gasteiger partial charge on any atom is 0.317 e. The Labute approximate surface area is 148 Å². The number of nitrogens with one attached hydrogen (secondary N) is 2. The minimum absolute atomic E-state index is 0.0506. The van der Waals surface area contributed by atoms with Crippen LogP contribution in [0.1, 0.15) is 42.4 Å². The van der Waals surface area contributed by atoms with Gasteiger partial charge in [0.05, 0.1) is 0 Å². The smallest absolute Gasteiger partial charge is 0.317 e. The van der Waals surface area contributed by atoms with Crippen LogP contribution < -0.4 is 5.32 Å². The van der Waals surface area contributed by atoms with Gasteiger partial charge in [-0.3, -0.25) is 5.10 Å². The highest BCUT2D eigenvalue weighted by Gasteiger charge is 2.30. The first-order valence-electron chi connectivity index (χ1n) is 9.26. The van der Waals surface area contributed by atoms with Crippen molar-refractivity contribution >= 4 is 6.03 Å². The lowest BCUT2D eigenvalue weighted by atomic mass is 10.1. The quantitative estimate of drug-likeness (QED) is 0.849. The van der Waals surface area contributed by atoms with E-state index in [4.69, 9.17) is 0 Å². The minimum Gasteiger partial charge on any atom is -0.338 e. The average molecular weight is 339 g/mol. The second-order valence-electron chi connectivity index (χ2n) is 7.19. The molecular formula is C19H25N5O. The van der Waals surface area contributed by atoms with Gasteiger partial charge in [-0.2, -0.15) is 5.10 Å². The predicted molar refractivity (Wildman–Crippen MR) is 95.3 cm³/mol. The highest BCUT2D eigenvalue weighted by Crippen LogP contribution is 2.37. The number of aromatic nitrogens is 3. The van der Waals surface area contributed by atoms with Gasteiger partial charge in [-0.15, -0.1) is 0 Å². The van der Waals surface area contributed by atoms with Crippen LogP contribution in [0.15, 0.2) is 30.3 Å². The monoisotopic (exact) mass is 339 g/mol. The van der Waals surface area contributed by atoms with Crippen LogP contribution in [0.25, 0.3) is 0 Å². The summed E-state index contributed by atoms with van der Waals surface area (Å²) in [5.41, 5.74) is 1.25. The number of rotatable bonds is 6. The molecule has 2 fully saturated rings. The van der Waals surface area contributed by atoms with Gasteiger partial charge in [-0.05, 0) is 37.2 Å². The maximum absolute atomic E-state index is 12.3. The number of H-pyrrole nitrogens is 1. The highest BCUT2D eigenvalue weighted by molar-refractivity contribution is 5.74. The fourth-order valence-electron chi connectivity index (χ4n) is 3.45. The van der Waals surface area contributed by atoms with E-state index in [1.807, 2.05) is 23.1 Å². The Morgan fingerprint density at radius 2 is 2.08 bits per heavy atom. The molecule has 0 unspecified atom stereocenters. The van der Waals surface area contributed by atoms with Crippen LogP contribution >= 0.6 is 0 Å². The number of nitrogens with zero attached hydrogens (tertiary/aromatic N) is 3. The van der Waals surface area contributed by atoms with E-state index in [1.165, 1.54) is 18.4 Å². The van der Waals surface area contributed by atoms with E-state index in [2.05, 4.69) is 32.6 Å². The Kier molecular flexibility index (Phi) is 4.68. The molecule has 6 nitrogen and oxygen atoms in total. The van der Waals surface area contributed by atoms with E-state index < -0.39 is 0 Å². The second-order valence-corrected chi connectivity index (χ2v) is 7.19. The molecule has 1 aromatic heterocycles. The first-order valence-corrected chi connectivity index (χ1v) is 9.26. The summed E-state index contributed by atoms with van der Waals surface area (Å²) in [6.07, 6.45) is 5.22. The summed E-state index contributed by atoms with van der Waals surface area (Å²) in [5.74, 6) is 3.00. The molecule has 2 amide bonds. The predicted octanol–water partition coefficient (Wildman–Crippen LogP) is 2.50. The fraction of sp³-hybridized carbons (Fsp3) is 0.526. The minimum atomic E-state index is 0.0506. The number of benzene rings is 1. The van der Waals surface area contributed by atoms with Crippen molar-refractivity contribution in [2.24, 2.45) is 5.92 Å². The van der Waals surface area contributed by atoms with Crippen molar-refractivity contribution < 1.29 is 4.79 Å². The van der Waals surface area contributed by atoms with Gasteiger partial charge in [-0.25, -0.2) is 9.78 Å². The third-order valence-electron chi connectivity index (χ3n) is 5.08. The van der Waals surface area contributed by atoms with Crippen molar-refractivity contribution in [3.63, 3.8) is 0 Å². The average Bonchev–Trinajstić information content (AvgIpc) is 3.20. The van der Waals surface area contributed by atoms with Crippen molar-refractivity contribution in [2.75, 3.05) is 19.6 Å². The van der Waals surface area contributed by atoms with E-state index in [-0.39, 0.29) is 6.03 Å². The summed E-state index contributed by atoms with van der Waals surface area (Å²) in [4.78, 5) is 18.8. The molecule has 2 N–H and O–H groups in total. The van der Waals surface area contributed by atoms with Gasteiger partial charge >= 0.3 is 6.03 Å². The van der Waals surface area contributed by atoms with Gasteiger partial charge in [0.25, 0.3) is 0 Å². The molecule has 0 bridgehead atoms. The lowest BCUT2D eigenvalue weighted by Gasteiger charge is -2.17. The van der Waals surface area contributed by atoms with Crippen LogP contribution in [0, 0.1) is 5.92 Å². The van der Waals surface area contributed by atoms with Crippen molar-refractivity contribution in [3.8, 4) is 0 Å². The molecule has 1 aromatic carbocycles. The number of hydrogen-bond donors (Lipinski definition) is 2. The number of likely N-dealkylation sites (tertiary alicyclic amines) is 1. The van der Waals surface area contributed by atoms with Crippen LogP contribution in [0.2, 0.25) is 0 Å². The Morgan fingerprint density at radius 1 is 1.24 bits per heavy atom. The Morgan fingerprint density at radius 3 is 2.88 bits per heavy atom. The first-order chi connectivity index (χ1) is 12.3. The molecule has 2 aliphatic rings. The van der Waals surface area contributed by atoms with Crippen molar-refractivity contribution in [2.45, 2.75) is 38.0 Å². The van der Waals surface area contributed by atoms with E-state index in [0.717, 1.165) is 44.0 Å². The van der Waals surface area contributed by atoms with E-state index in [1.54, 1.807) is 0 Å². The SMILES string of the molecule is O=C(NCCc1ccccc1)N1CC[C@H](Cc2nc(C3CC3)n[nH]2)C1. The zero-order chi connectivity index (χ0) is 17.1. The summed E-state index contributed by atoms with van der Waals surface area (Å²) in [5, 5.41) is 10.4. The summed E-state index contributed by atoms with van der Waals surface area (Å²) in [7, 11) is 0. The number of carbonyl (C=O) groups excluding carboxylic acids is 1. The molecule has 0 radical (unpaired) electrons. The number of amides is 2. The molecule has 2 heterocycles. The van der Waals surface area contributed by atoms with Crippen LogP contribution in [-0.4, -0.2) is 45.7 Å². The Hall–Kier alpha value is -2.37. The first kappa shape index (κ1) is 16.1. The Balaban J connectivity index is 1.20. The molecule has 2 aromatic rings. The lowest BCUT2D eigenvalue weighted by Crippen LogP contribution is -2.39. The molecule has 1 aliphatic heterocycles.